The van der Waals surface area contributed by atoms with Crippen molar-refractivity contribution in [2.75, 3.05) is 5.32 Å². The molecule has 1 amide bonds. The lowest BCUT2D eigenvalue weighted by atomic mass is 10.2. The Morgan fingerprint density at radius 1 is 1.22 bits per heavy atom. The van der Waals surface area contributed by atoms with E-state index in [1.54, 1.807) is 45.7 Å². The fourth-order valence-corrected chi connectivity index (χ4v) is 2.83. The molecule has 1 N–H and O–H groups in total. The van der Waals surface area contributed by atoms with E-state index in [1.165, 1.54) is 0 Å². The number of benzene rings is 1. The highest BCUT2D eigenvalue weighted by Crippen LogP contribution is 2.20. The first-order valence-corrected chi connectivity index (χ1v) is 8.58. The second kappa shape index (κ2) is 7.08. The lowest BCUT2D eigenvalue weighted by Gasteiger charge is -2.05. The number of nitrogens with zero attached hydrogens (tertiary/aromatic N) is 6. The van der Waals surface area contributed by atoms with Crippen molar-refractivity contribution >= 4 is 23.3 Å². The van der Waals surface area contributed by atoms with Gasteiger partial charge < -0.3 is 5.32 Å². The van der Waals surface area contributed by atoms with E-state index >= 15 is 0 Å². The van der Waals surface area contributed by atoms with Gasteiger partial charge in [0.2, 0.25) is 5.91 Å². The second-order valence-corrected chi connectivity index (χ2v) is 6.38. The largest absolute Gasteiger partial charge is 0.309 e. The van der Waals surface area contributed by atoms with Crippen LogP contribution in [0.15, 0.2) is 61.2 Å². The van der Waals surface area contributed by atoms with Crippen LogP contribution in [-0.4, -0.2) is 35.2 Å². The molecular weight excluding hydrogens is 366 g/mol. The number of hydrogen-bond acceptors (Lipinski definition) is 4. The van der Waals surface area contributed by atoms with Crippen molar-refractivity contribution in [1.29, 1.82) is 0 Å². The Kier molecular flexibility index (Phi) is 4.47. The molecule has 0 saturated heterocycles. The molecule has 4 rings (SSSR count). The predicted octanol–water partition coefficient (Wildman–Crippen LogP) is 2.76. The highest BCUT2D eigenvalue weighted by Gasteiger charge is 2.10. The molecule has 0 spiro atoms. The first-order chi connectivity index (χ1) is 13.1. The molecule has 8 nitrogen and oxygen atoms in total. The van der Waals surface area contributed by atoms with Gasteiger partial charge in [-0.1, -0.05) is 17.7 Å². The van der Waals surface area contributed by atoms with Crippen molar-refractivity contribution in [1.82, 2.24) is 29.3 Å². The Bertz CT molecular complexity index is 1090. The molecule has 136 valence electrons. The van der Waals surface area contributed by atoms with Crippen LogP contribution < -0.4 is 5.32 Å². The molecule has 0 atom stereocenters. The van der Waals surface area contributed by atoms with Gasteiger partial charge in [0.15, 0.2) is 0 Å². The smallest absolute Gasteiger partial charge is 0.247 e. The number of carbonyl (C=O) groups excluding carboxylic acids is 1. The summed E-state index contributed by atoms with van der Waals surface area (Å²) in [7, 11) is 1.76. The molecule has 1 aromatic carbocycles. The van der Waals surface area contributed by atoms with E-state index in [9.17, 15) is 4.79 Å². The second-order valence-electron chi connectivity index (χ2n) is 5.94. The van der Waals surface area contributed by atoms with Gasteiger partial charge in [-0.25, -0.2) is 4.68 Å². The molecule has 3 aromatic heterocycles. The van der Waals surface area contributed by atoms with Gasteiger partial charge in [0.1, 0.15) is 12.4 Å². The van der Waals surface area contributed by atoms with Crippen molar-refractivity contribution in [3.8, 4) is 16.9 Å². The van der Waals surface area contributed by atoms with E-state index in [0.29, 0.717) is 10.8 Å². The van der Waals surface area contributed by atoms with Gasteiger partial charge in [0.25, 0.3) is 0 Å². The molecule has 0 saturated carbocycles. The summed E-state index contributed by atoms with van der Waals surface area (Å²) >= 11 is 6.03. The molecule has 27 heavy (non-hydrogen) atoms. The molecule has 0 bridgehead atoms. The van der Waals surface area contributed by atoms with Crippen LogP contribution in [0.3, 0.4) is 0 Å². The van der Waals surface area contributed by atoms with Crippen LogP contribution in [0, 0.1) is 0 Å². The van der Waals surface area contributed by atoms with Crippen LogP contribution in [0.25, 0.3) is 16.9 Å². The quantitative estimate of drug-likeness (QED) is 0.576. The average Bonchev–Trinajstić information content (AvgIpc) is 3.37. The minimum Gasteiger partial charge on any atom is -0.309 e. The van der Waals surface area contributed by atoms with Crippen LogP contribution >= 0.6 is 11.6 Å². The van der Waals surface area contributed by atoms with Crippen molar-refractivity contribution in [2.24, 2.45) is 7.05 Å². The third-order valence-corrected chi connectivity index (χ3v) is 4.22. The van der Waals surface area contributed by atoms with E-state index in [0.717, 1.165) is 16.9 Å². The van der Waals surface area contributed by atoms with Crippen LogP contribution in [0.5, 0.6) is 0 Å². The third-order valence-electron chi connectivity index (χ3n) is 3.99. The van der Waals surface area contributed by atoms with Crippen LogP contribution in [0.1, 0.15) is 0 Å². The minimum absolute atomic E-state index is 0.105. The summed E-state index contributed by atoms with van der Waals surface area (Å²) in [5.41, 5.74) is 2.45. The number of anilines is 1. The lowest BCUT2D eigenvalue weighted by molar-refractivity contribution is -0.116. The Labute approximate surface area is 160 Å². The van der Waals surface area contributed by atoms with Crippen LogP contribution in [-0.2, 0) is 18.4 Å². The predicted molar refractivity (Wildman–Crippen MR) is 102 cm³/mol. The van der Waals surface area contributed by atoms with E-state index in [2.05, 4.69) is 20.6 Å². The maximum Gasteiger partial charge on any atom is 0.247 e. The summed E-state index contributed by atoms with van der Waals surface area (Å²) in [6, 6.07) is 11.0. The van der Waals surface area contributed by atoms with E-state index in [-0.39, 0.29) is 12.5 Å². The van der Waals surface area contributed by atoms with E-state index in [1.807, 2.05) is 36.5 Å². The molecule has 0 fully saturated rings. The monoisotopic (exact) mass is 381 g/mol. The summed E-state index contributed by atoms with van der Waals surface area (Å²) in [6.07, 6.45) is 6.98. The molecule has 0 aliphatic carbocycles. The fourth-order valence-electron chi connectivity index (χ4n) is 2.64. The Morgan fingerprint density at radius 3 is 2.89 bits per heavy atom. The normalized spacial score (nSPS) is 10.9. The molecular formula is C18H16ClN7O. The van der Waals surface area contributed by atoms with Gasteiger partial charge in [-0.15, -0.1) is 0 Å². The first kappa shape index (κ1) is 17.0. The van der Waals surface area contributed by atoms with Crippen LogP contribution in [0.4, 0.5) is 5.82 Å². The average molecular weight is 382 g/mol. The molecule has 9 heteroatoms. The van der Waals surface area contributed by atoms with Gasteiger partial charge in [0.05, 0.1) is 23.8 Å². The zero-order valence-electron chi connectivity index (χ0n) is 14.5. The van der Waals surface area contributed by atoms with Crippen molar-refractivity contribution in [3.05, 3.63) is 66.2 Å². The van der Waals surface area contributed by atoms with Crippen LogP contribution in [0.2, 0.25) is 5.02 Å². The fraction of sp³-hybridized carbons (Fsp3) is 0.111. The summed E-state index contributed by atoms with van der Waals surface area (Å²) in [4.78, 5) is 12.2. The molecule has 0 aliphatic rings. The Morgan fingerprint density at radius 2 is 2.11 bits per heavy atom. The van der Waals surface area contributed by atoms with Gasteiger partial charge in [-0.05, 0) is 24.3 Å². The highest BCUT2D eigenvalue weighted by molar-refractivity contribution is 6.30. The number of nitrogens with one attached hydrogen (secondary N) is 1. The summed E-state index contributed by atoms with van der Waals surface area (Å²) in [5.74, 6) is 0.457. The number of carbonyl (C=O) groups is 1. The number of aryl methyl sites for hydroxylation is 1. The standard InChI is InChI=1S/C18H16ClN7O/c1-24-17(5-7-20-24)22-18(27)12-25-8-6-16(23-25)13-10-21-26(11-13)15-4-2-3-14(19)9-15/h2-11H,12H2,1H3,(H,22,27). The zero-order valence-corrected chi connectivity index (χ0v) is 15.2. The summed E-state index contributed by atoms with van der Waals surface area (Å²) in [6.45, 7) is 0.105. The van der Waals surface area contributed by atoms with Crippen molar-refractivity contribution < 1.29 is 4.79 Å². The van der Waals surface area contributed by atoms with E-state index in [4.69, 9.17) is 11.6 Å². The molecule has 4 aromatic rings. The van der Waals surface area contributed by atoms with Gasteiger partial charge in [0, 0.05) is 36.1 Å². The van der Waals surface area contributed by atoms with E-state index < -0.39 is 0 Å². The third kappa shape index (κ3) is 3.75. The molecule has 3 heterocycles. The van der Waals surface area contributed by atoms with Gasteiger partial charge in [-0.3, -0.25) is 14.2 Å². The minimum atomic E-state index is -0.178. The molecule has 0 aliphatic heterocycles. The number of halogens is 1. The molecule has 0 radical (unpaired) electrons. The highest BCUT2D eigenvalue weighted by atomic mass is 35.5. The van der Waals surface area contributed by atoms with Gasteiger partial charge in [-0.2, -0.15) is 15.3 Å². The lowest BCUT2D eigenvalue weighted by Crippen LogP contribution is -2.20. The Hall–Kier alpha value is -3.39. The topological polar surface area (TPSA) is 82.6 Å². The maximum atomic E-state index is 12.2. The van der Waals surface area contributed by atoms with Crippen molar-refractivity contribution in [2.45, 2.75) is 6.54 Å². The Balaban J connectivity index is 1.46. The van der Waals surface area contributed by atoms with Gasteiger partial charge >= 0.3 is 0 Å². The SMILES string of the molecule is Cn1nccc1NC(=O)Cn1ccc(-c2cnn(-c3cccc(Cl)c3)c2)n1. The molecule has 0 unspecified atom stereocenters. The maximum absolute atomic E-state index is 12.2. The summed E-state index contributed by atoms with van der Waals surface area (Å²) in [5, 5.41) is 16.3. The number of aromatic nitrogens is 6. The zero-order chi connectivity index (χ0) is 18.8. The first-order valence-electron chi connectivity index (χ1n) is 8.21. The number of rotatable bonds is 5. The van der Waals surface area contributed by atoms with Crippen molar-refractivity contribution in [3.63, 3.8) is 0 Å². The number of amides is 1. The number of hydrogen-bond donors (Lipinski definition) is 1. The summed E-state index contributed by atoms with van der Waals surface area (Å²) < 4.78 is 4.91.